The second kappa shape index (κ2) is 6.80. The van der Waals surface area contributed by atoms with Crippen molar-refractivity contribution in [2.75, 3.05) is 12.5 Å². The molecule has 1 aromatic rings. The number of hydrazine groups is 1. The predicted octanol–water partition coefficient (Wildman–Crippen LogP) is 2.30. The van der Waals surface area contributed by atoms with Crippen LogP contribution < -0.4 is 15.6 Å². The van der Waals surface area contributed by atoms with Gasteiger partial charge in [0.15, 0.2) is 0 Å². The van der Waals surface area contributed by atoms with E-state index in [4.69, 9.17) is 4.74 Å². The number of rotatable bonds is 4. The summed E-state index contributed by atoms with van der Waals surface area (Å²) >= 11 is 0. The lowest BCUT2D eigenvalue weighted by molar-refractivity contribution is -0.198. The van der Waals surface area contributed by atoms with Crippen LogP contribution in [-0.4, -0.2) is 29.2 Å². The molecule has 2 N–H and O–H groups in total. The number of carbonyl (C=O) groups is 1. The van der Waals surface area contributed by atoms with Crippen molar-refractivity contribution < 1.29 is 22.7 Å². The third-order valence-electron chi connectivity index (χ3n) is 3.66. The monoisotopic (exact) mass is 318 g/mol. The summed E-state index contributed by atoms with van der Waals surface area (Å²) in [7, 11) is 1.42. The van der Waals surface area contributed by atoms with Gasteiger partial charge in [0.05, 0.1) is 18.9 Å². The summed E-state index contributed by atoms with van der Waals surface area (Å²) in [5, 5.41) is 0. The molecule has 6 nitrogen and oxygen atoms in total. The lowest BCUT2D eigenvalue weighted by atomic mass is 9.78. The van der Waals surface area contributed by atoms with Crippen molar-refractivity contribution in [1.29, 1.82) is 0 Å². The van der Waals surface area contributed by atoms with E-state index in [1.54, 1.807) is 0 Å². The lowest BCUT2D eigenvalue weighted by Gasteiger charge is -2.31. The molecular formula is C13H17F3N4O2. The highest BCUT2D eigenvalue weighted by atomic mass is 19.4. The van der Waals surface area contributed by atoms with Gasteiger partial charge in [0.1, 0.15) is 0 Å². The Morgan fingerprint density at radius 3 is 2.77 bits per heavy atom. The van der Waals surface area contributed by atoms with Crippen LogP contribution in [0.4, 0.5) is 19.1 Å². The van der Waals surface area contributed by atoms with Crippen LogP contribution in [0, 0.1) is 11.8 Å². The van der Waals surface area contributed by atoms with Crippen LogP contribution >= 0.6 is 0 Å². The van der Waals surface area contributed by atoms with Gasteiger partial charge in [-0.25, -0.2) is 4.98 Å². The molecule has 1 heterocycles. The highest BCUT2D eigenvalue weighted by Gasteiger charge is 2.48. The number of carbonyl (C=O) groups excluding carboxylic acids is 1. The third-order valence-corrected chi connectivity index (χ3v) is 3.66. The number of nitrogens with one attached hydrogen (secondary N) is 2. The SMILES string of the molecule is COc1ccnc(NNC(=O)[C@@H]2CCCC[C@@H]2C(F)(F)F)n1. The molecule has 1 saturated carbocycles. The second-order valence-electron chi connectivity index (χ2n) is 5.08. The molecule has 9 heteroatoms. The summed E-state index contributed by atoms with van der Waals surface area (Å²) in [6, 6.07) is 1.51. The van der Waals surface area contributed by atoms with Gasteiger partial charge in [-0.3, -0.25) is 15.6 Å². The molecule has 0 saturated heterocycles. The predicted molar refractivity (Wildman–Crippen MR) is 71.9 cm³/mol. The van der Waals surface area contributed by atoms with Crippen LogP contribution in [0.1, 0.15) is 25.7 Å². The molecule has 2 atom stereocenters. The fourth-order valence-electron chi connectivity index (χ4n) is 2.56. The summed E-state index contributed by atoms with van der Waals surface area (Å²) in [5.74, 6) is -3.07. The molecular weight excluding hydrogens is 301 g/mol. The van der Waals surface area contributed by atoms with Gasteiger partial charge in [0.2, 0.25) is 17.7 Å². The van der Waals surface area contributed by atoms with E-state index in [0.717, 1.165) is 0 Å². The lowest BCUT2D eigenvalue weighted by Crippen LogP contribution is -2.44. The van der Waals surface area contributed by atoms with Gasteiger partial charge in [-0.2, -0.15) is 18.2 Å². The van der Waals surface area contributed by atoms with Crippen LogP contribution in [0.2, 0.25) is 0 Å². The highest BCUT2D eigenvalue weighted by Crippen LogP contribution is 2.41. The van der Waals surface area contributed by atoms with Gasteiger partial charge >= 0.3 is 6.18 Å². The average molecular weight is 318 g/mol. The van der Waals surface area contributed by atoms with E-state index in [-0.39, 0.29) is 24.7 Å². The zero-order chi connectivity index (χ0) is 16.2. The smallest absolute Gasteiger partial charge is 0.392 e. The fourth-order valence-corrected chi connectivity index (χ4v) is 2.56. The summed E-state index contributed by atoms with van der Waals surface area (Å²) in [6.45, 7) is 0. The van der Waals surface area contributed by atoms with Crippen LogP contribution in [0.3, 0.4) is 0 Å². The zero-order valence-corrected chi connectivity index (χ0v) is 12.0. The molecule has 1 fully saturated rings. The molecule has 1 aliphatic rings. The molecule has 2 rings (SSSR count). The number of alkyl halides is 3. The number of amides is 1. The number of aromatic nitrogens is 2. The van der Waals surface area contributed by atoms with E-state index < -0.39 is 23.9 Å². The van der Waals surface area contributed by atoms with E-state index in [2.05, 4.69) is 20.8 Å². The molecule has 0 aliphatic heterocycles. The standard InChI is InChI=1S/C13H17F3N4O2/c1-22-10-6-7-17-12(18-10)20-19-11(21)8-4-2-3-5-9(8)13(14,15)16/h6-9H,2-5H2,1H3,(H,19,21)(H,17,18,20)/t8-,9+/m1/s1. The molecule has 0 unspecified atom stereocenters. The number of ether oxygens (including phenoxy) is 1. The van der Waals surface area contributed by atoms with Gasteiger partial charge in [-0.05, 0) is 12.8 Å². The average Bonchev–Trinajstić information content (AvgIpc) is 2.52. The van der Waals surface area contributed by atoms with Gasteiger partial charge in [0.25, 0.3) is 0 Å². The maximum Gasteiger partial charge on any atom is 0.392 e. The van der Waals surface area contributed by atoms with Gasteiger partial charge < -0.3 is 4.74 Å². The fraction of sp³-hybridized carbons (Fsp3) is 0.615. The molecule has 1 aromatic heterocycles. The first kappa shape index (κ1) is 16.3. The topological polar surface area (TPSA) is 76.1 Å². The Kier molecular flexibility index (Phi) is 5.04. The number of nitrogens with zero attached hydrogens (tertiary/aromatic N) is 2. The van der Waals surface area contributed by atoms with Gasteiger partial charge in [-0.15, -0.1) is 0 Å². The van der Waals surface area contributed by atoms with Crippen molar-refractivity contribution in [1.82, 2.24) is 15.4 Å². The Bertz CT molecular complexity index is 524. The third kappa shape index (κ3) is 3.99. The Labute approximate surface area is 125 Å². The first-order chi connectivity index (χ1) is 10.4. The first-order valence-corrected chi connectivity index (χ1v) is 6.91. The van der Waals surface area contributed by atoms with Gasteiger partial charge in [-0.1, -0.05) is 12.8 Å². The van der Waals surface area contributed by atoms with Crippen LogP contribution in [-0.2, 0) is 4.79 Å². The van der Waals surface area contributed by atoms with E-state index in [1.165, 1.54) is 19.4 Å². The Morgan fingerprint density at radius 2 is 2.09 bits per heavy atom. The summed E-state index contributed by atoms with van der Waals surface area (Å²) in [4.78, 5) is 19.8. The Hall–Kier alpha value is -2.06. The van der Waals surface area contributed by atoms with E-state index >= 15 is 0 Å². The number of halogens is 3. The maximum atomic E-state index is 13.0. The van der Waals surface area contributed by atoms with Crippen LogP contribution in [0.25, 0.3) is 0 Å². The Morgan fingerprint density at radius 1 is 1.36 bits per heavy atom. The maximum absolute atomic E-state index is 13.0. The molecule has 0 bridgehead atoms. The van der Waals surface area contributed by atoms with Crippen LogP contribution in [0.15, 0.2) is 12.3 Å². The van der Waals surface area contributed by atoms with E-state index in [1.807, 2.05) is 0 Å². The van der Waals surface area contributed by atoms with Crippen molar-refractivity contribution in [3.63, 3.8) is 0 Å². The normalized spacial score (nSPS) is 22.0. The zero-order valence-electron chi connectivity index (χ0n) is 12.0. The van der Waals surface area contributed by atoms with Crippen molar-refractivity contribution in [2.24, 2.45) is 11.8 Å². The summed E-state index contributed by atoms with van der Waals surface area (Å²) in [5.41, 5.74) is 4.67. The molecule has 0 spiro atoms. The van der Waals surface area contributed by atoms with Crippen LogP contribution in [0.5, 0.6) is 5.88 Å². The minimum absolute atomic E-state index is 0.0166. The number of hydrogen-bond donors (Lipinski definition) is 2. The number of methoxy groups -OCH3 is 1. The van der Waals surface area contributed by atoms with Crippen molar-refractivity contribution in [3.05, 3.63) is 12.3 Å². The van der Waals surface area contributed by atoms with Crippen molar-refractivity contribution >= 4 is 11.9 Å². The number of anilines is 1. The second-order valence-corrected chi connectivity index (χ2v) is 5.08. The van der Waals surface area contributed by atoms with Crippen molar-refractivity contribution in [3.8, 4) is 5.88 Å². The molecule has 0 radical (unpaired) electrons. The Balaban J connectivity index is 1.98. The largest absolute Gasteiger partial charge is 0.481 e. The van der Waals surface area contributed by atoms with E-state index in [0.29, 0.717) is 12.8 Å². The van der Waals surface area contributed by atoms with Gasteiger partial charge in [0, 0.05) is 12.3 Å². The molecule has 22 heavy (non-hydrogen) atoms. The molecule has 122 valence electrons. The van der Waals surface area contributed by atoms with E-state index in [9.17, 15) is 18.0 Å². The molecule has 1 aliphatic carbocycles. The summed E-state index contributed by atoms with van der Waals surface area (Å²) < 4.78 is 43.8. The first-order valence-electron chi connectivity index (χ1n) is 6.91. The molecule has 1 amide bonds. The molecule has 0 aromatic carbocycles. The van der Waals surface area contributed by atoms with Crippen molar-refractivity contribution in [2.45, 2.75) is 31.9 Å². The highest BCUT2D eigenvalue weighted by molar-refractivity contribution is 5.80. The minimum atomic E-state index is -4.37. The number of hydrogen-bond acceptors (Lipinski definition) is 5. The summed E-state index contributed by atoms with van der Waals surface area (Å²) in [6.07, 6.45) is -1.66. The minimum Gasteiger partial charge on any atom is -0.481 e. The quantitative estimate of drug-likeness (QED) is 0.833.